The Morgan fingerprint density at radius 1 is 1.04 bits per heavy atom. The summed E-state index contributed by atoms with van der Waals surface area (Å²) in [6, 6.07) is 14.1. The van der Waals surface area contributed by atoms with E-state index < -0.39 is 0 Å². The Hall–Kier alpha value is -2.51. The van der Waals surface area contributed by atoms with E-state index >= 15 is 0 Å². The van der Waals surface area contributed by atoms with Gasteiger partial charge in [0.05, 0.1) is 6.54 Å². The van der Waals surface area contributed by atoms with Crippen molar-refractivity contribution in [2.24, 2.45) is 0 Å². The van der Waals surface area contributed by atoms with Crippen LogP contribution >= 0.6 is 23.4 Å². The molecule has 0 aliphatic carbocycles. The number of halogens is 2. The van der Waals surface area contributed by atoms with Crippen LogP contribution < -0.4 is 0 Å². The van der Waals surface area contributed by atoms with Crippen LogP contribution in [0.15, 0.2) is 59.9 Å². The van der Waals surface area contributed by atoms with Crippen molar-refractivity contribution >= 4 is 34.5 Å². The SMILES string of the molecule is Fc1cccc(CSc2ncnc3c2nnn3Cc2ccc(Cl)cc2)c1. The van der Waals surface area contributed by atoms with E-state index in [1.54, 1.807) is 10.7 Å². The van der Waals surface area contributed by atoms with Crippen LogP contribution in [0.1, 0.15) is 11.1 Å². The molecule has 0 unspecified atom stereocenters. The van der Waals surface area contributed by atoms with E-state index in [-0.39, 0.29) is 5.82 Å². The van der Waals surface area contributed by atoms with Gasteiger partial charge in [-0.3, -0.25) is 0 Å². The zero-order chi connectivity index (χ0) is 17.9. The molecule has 4 aromatic rings. The number of aromatic nitrogens is 5. The summed E-state index contributed by atoms with van der Waals surface area (Å²) in [5.74, 6) is 0.346. The molecule has 0 radical (unpaired) electrons. The predicted molar refractivity (Wildman–Crippen MR) is 99.6 cm³/mol. The standard InChI is InChI=1S/C18H13ClFN5S/c19-14-6-4-12(5-7-14)9-25-17-16(23-24-25)18(22-11-21-17)26-10-13-2-1-3-15(20)8-13/h1-8,11H,9-10H2. The zero-order valence-electron chi connectivity index (χ0n) is 13.5. The largest absolute Gasteiger partial charge is 0.227 e. The molecule has 0 saturated carbocycles. The quantitative estimate of drug-likeness (QED) is 0.377. The van der Waals surface area contributed by atoms with Gasteiger partial charge in [0, 0.05) is 10.8 Å². The molecule has 0 atom stereocenters. The average molecular weight is 386 g/mol. The second-order valence-corrected chi connectivity index (χ2v) is 7.04. The highest BCUT2D eigenvalue weighted by Gasteiger charge is 2.13. The highest BCUT2D eigenvalue weighted by Crippen LogP contribution is 2.26. The van der Waals surface area contributed by atoms with Gasteiger partial charge in [0.15, 0.2) is 11.2 Å². The summed E-state index contributed by atoms with van der Waals surface area (Å²) in [5.41, 5.74) is 3.24. The van der Waals surface area contributed by atoms with Crippen molar-refractivity contribution in [3.8, 4) is 0 Å². The molecule has 2 aromatic heterocycles. The number of benzene rings is 2. The molecule has 8 heteroatoms. The zero-order valence-corrected chi connectivity index (χ0v) is 15.1. The number of hydrogen-bond acceptors (Lipinski definition) is 5. The summed E-state index contributed by atoms with van der Waals surface area (Å²) in [5, 5.41) is 9.84. The lowest BCUT2D eigenvalue weighted by atomic mass is 10.2. The Kier molecular flexibility index (Phi) is 4.81. The molecular weight excluding hydrogens is 373 g/mol. The molecule has 0 N–H and O–H groups in total. The number of rotatable bonds is 5. The monoisotopic (exact) mass is 385 g/mol. The lowest BCUT2D eigenvalue weighted by molar-refractivity contribution is 0.626. The van der Waals surface area contributed by atoms with Crippen molar-refractivity contribution in [3.63, 3.8) is 0 Å². The predicted octanol–water partition coefficient (Wildman–Crippen LogP) is 4.35. The Bertz CT molecular complexity index is 1050. The van der Waals surface area contributed by atoms with E-state index in [2.05, 4.69) is 20.3 Å². The topological polar surface area (TPSA) is 56.5 Å². The van der Waals surface area contributed by atoms with Crippen molar-refractivity contribution in [1.82, 2.24) is 25.0 Å². The molecule has 0 spiro atoms. The normalized spacial score (nSPS) is 11.2. The fourth-order valence-corrected chi connectivity index (χ4v) is 3.52. The van der Waals surface area contributed by atoms with Gasteiger partial charge in [-0.2, -0.15) is 0 Å². The second-order valence-electron chi connectivity index (χ2n) is 5.64. The highest BCUT2D eigenvalue weighted by atomic mass is 35.5. The molecule has 0 aliphatic rings. The molecule has 4 rings (SSSR count). The first-order valence-electron chi connectivity index (χ1n) is 7.85. The second kappa shape index (κ2) is 7.39. The fraction of sp³-hybridized carbons (Fsp3) is 0.111. The molecule has 2 heterocycles. The maximum atomic E-state index is 13.3. The van der Waals surface area contributed by atoms with E-state index in [1.165, 1.54) is 30.2 Å². The van der Waals surface area contributed by atoms with Gasteiger partial charge in [-0.05, 0) is 35.4 Å². The molecule has 130 valence electrons. The van der Waals surface area contributed by atoms with Crippen molar-refractivity contribution in [2.45, 2.75) is 17.3 Å². The van der Waals surface area contributed by atoms with Crippen molar-refractivity contribution < 1.29 is 4.39 Å². The number of thioether (sulfide) groups is 1. The average Bonchev–Trinajstić information content (AvgIpc) is 3.05. The van der Waals surface area contributed by atoms with Crippen LogP contribution in [0.3, 0.4) is 0 Å². The third-order valence-corrected chi connectivity index (χ3v) is 5.08. The molecule has 5 nitrogen and oxygen atoms in total. The minimum absolute atomic E-state index is 0.246. The number of hydrogen-bond donors (Lipinski definition) is 0. The van der Waals surface area contributed by atoms with Gasteiger partial charge in [0.1, 0.15) is 17.2 Å². The Morgan fingerprint density at radius 2 is 1.88 bits per heavy atom. The minimum Gasteiger partial charge on any atom is -0.227 e. The Balaban J connectivity index is 1.57. The van der Waals surface area contributed by atoms with Gasteiger partial charge in [-0.25, -0.2) is 19.0 Å². The van der Waals surface area contributed by atoms with Crippen LogP contribution in [-0.2, 0) is 12.3 Å². The van der Waals surface area contributed by atoms with Crippen LogP contribution in [0.4, 0.5) is 4.39 Å². The first-order valence-corrected chi connectivity index (χ1v) is 9.21. The lowest BCUT2D eigenvalue weighted by Gasteiger charge is -2.04. The maximum Gasteiger partial charge on any atom is 0.183 e. The van der Waals surface area contributed by atoms with Crippen molar-refractivity contribution in [3.05, 3.63) is 76.8 Å². The van der Waals surface area contributed by atoms with Gasteiger partial charge in [-0.1, -0.05) is 52.8 Å². The number of fused-ring (bicyclic) bond motifs is 1. The van der Waals surface area contributed by atoms with Gasteiger partial charge >= 0.3 is 0 Å². The summed E-state index contributed by atoms with van der Waals surface area (Å²) in [6.07, 6.45) is 1.50. The van der Waals surface area contributed by atoms with E-state index in [4.69, 9.17) is 11.6 Å². The maximum absolute atomic E-state index is 13.3. The van der Waals surface area contributed by atoms with Crippen LogP contribution in [0.5, 0.6) is 0 Å². The van der Waals surface area contributed by atoms with E-state index in [9.17, 15) is 4.39 Å². The molecule has 0 bridgehead atoms. The summed E-state index contributed by atoms with van der Waals surface area (Å²) in [7, 11) is 0. The first-order chi connectivity index (χ1) is 12.7. The van der Waals surface area contributed by atoms with Gasteiger partial charge in [0.25, 0.3) is 0 Å². The summed E-state index contributed by atoms with van der Waals surface area (Å²) < 4.78 is 15.0. The summed E-state index contributed by atoms with van der Waals surface area (Å²) >= 11 is 7.41. The van der Waals surface area contributed by atoms with Crippen LogP contribution in [0, 0.1) is 5.82 Å². The van der Waals surface area contributed by atoms with Crippen LogP contribution in [-0.4, -0.2) is 25.0 Å². The van der Waals surface area contributed by atoms with Crippen LogP contribution in [0.2, 0.25) is 5.02 Å². The number of nitrogens with zero attached hydrogens (tertiary/aromatic N) is 5. The van der Waals surface area contributed by atoms with Gasteiger partial charge < -0.3 is 0 Å². The summed E-state index contributed by atoms with van der Waals surface area (Å²) in [4.78, 5) is 8.61. The molecular formula is C18H13ClFN5S. The van der Waals surface area contributed by atoms with Gasteiger partial charge in [-0.15, -0.1) is 5.10 Å². The summed E-state index contributed by atoms with van der Waals surface area (Å²) in [6.45, 7) is 0.540. The van der Waals surface area contributed by atoms with E-state index in [0.29, 0.717) is 28.5 Å². The molecule has 26 heavy (non-hydrogen) atoms. The van der Waals surface area contributed by atoms with Crippen molar-refractivity contribution in [2.75, 3.05) is 0 Å². The van der Waals surface area contributed by atoms with Crippen molar-refractivity contribution in [1.29, 1.82) is 0 Å². The highest BCUT2D eigenvalue weighted by molar-refractivity contribution is 7.98. The minimum atomic E-state index is -0.246. The van der Waals surface area contributed by atoms with E-state index in [0.717, 1.165) is 16.2 Å². The molecule has 0 amide bonds. The molecule has 0 aliphatic heterocycles. The first kappa shape index (κ1) is 16.9. The Morgan fingerprint density at radius 3 is 2.69 bits per heavy atom. The molecule has 0 fully saturated rings. The van der Waals surface area contributed by atoms with Gasteiger partial charge in [0.2, 0.25) is 0 Å². The lowest BCUT2D eigenvalue weighted by Crippen LogP contribution is -2.03. The van der Waals surface area contributed by atoms with E-state index in [1.807, 2.05) is 30.3 Å². The van der Waals surface area contributed by atoms with Crippen LogP contribution in [0.25, 0.3) is 11.2 Å². The fourth-order valence-electron chi connectivity index (χ4n) is 2.52. The third kappa shape index (κ3) is 3.68. The third-order valence-electron chi connectivity index (χ3n) is 3.78. The Labute approximate surface area is 158 Å². The smallest absolute Gasteiger partial charge is 0.183 e. The molecule has 2 aromatic carbocycles. The molecule has 0 saturated heterocycles.